The minimum Gasteiger partial charge on any atom is -0.489 e. The van der Waals surface area contributed by atoms with Gasteiger partial charge in [-0.2, -0.15) is 0 Å². The minimum absolute atomic E-state index is 0.417. The molecule has 0 aliphatic carbocycles. The van der Waals surface area contributed by atoms with E-state index < -0.39 is 0 Å². The van der Waals surface area contributed by atoms with E-state index in [0.29, 0.717) is 18.2 Å². The maximum atomic E-state index is 5.96. The van der Waals surface area contributed by atoms with Crippen LogP contribution in [0, 0.1) is 0 Å². The molecule has 0 bridgehead atoms. The second-order valence-electron chi connectivity index (χ2n) is 4.50. The van der Waals surface area contributed by atoms with Crippen molar-refractivity contribution in [3.8, 4) is 5.75 Å². The Hall–Kier alpha value is -1.55. The number of hydrogen-bond donors (Lipinski definition) is 1. The maximum absolute atomic E-state index is 5.96. The summed E-state index contributed by atoms with van der Waals surface area (Å²) in [5, 5.41) is 4.07. The molecule has 0 fully saturated rings. The first kappa shape index (κ1) is 13.4. The molecule has 0 spiro atoms. The van der Waals surface area contributed by atoms with E-state index in [1.165, 1.54) is 15.6 Å². The summed E-state index contributed by atoms with van der Waals surface area (Å²) in [5.41, 5.74) is 7.85. The normalized spacial score (nSPS) is 10.9. The SMILES string of the molecule is NCc1cc(Cl)ccc1OCc1csc2ccccc12. The smallest absolute Gasteiger partial charge is 0.124 e. The summed E-state index contributed by atoms with van der Waals surface area (Å²) in [6.45, 7) is 0.957. The van der Waals surface area contributed by atoms with Gasteiger partial charge in [0.15, 0.2) is 0 Å². The Morgan fingerprint density at radius 3 is 2.80 bits per heavy atom. The largest absolute Gasteiger partial charge is 0.489 e. The van der Waals surface area contributed by atoms with E-state index in [9.17, 15) is 0 Å². The monoisotopic (exact) mass is 303 g/mol. The van der Waals surface area contributed by atoms with E-state index in [-0.39, 0.29) is 0 Å². The van der Waals surface area contributed by atoms with E-state index in [1.54, 1.807) is 11.3 Å². The third-order valence-electron chi connectivity index (χ3n) is 3.19. The fourth-order valence-corrected chi connectivity index (χ4v) is 3.29. The molecule has 2 N–H and O–H groups in total. The predicted octanol–water partition coefficient (Wildman–Crippen LogP) is 4.59. The van der Waals surface area contributed by atoms with Crippen LogP contribution in [0.25, 0.3) is 10.1 Å². The number of hydrogen-bond acceptors (Lipinski definition) is 3. The Kier molecular flexibility index (Phi) is 3.92. The molecule has 2 aromatic carbocycles. The number of nitrogens with two attached hydrogens (primary N) is 1. The Morgan fingerprint density at radius 2 is 1.95 bits per heavy atom. The lowest BCUT2D eigenvalue weighted by molar-refractivity contribution is 0.305. The van der Waals surface area contributed by atoms with Crippen molar-refractivity contribution < 1.29 is 4.74 Å². The summed E-state index contributed by atoms with van der Waals surface area (Å²) in [4.78, 5) is 0. The first-order chi connectivity index (χ1) is 9.78. The van der Waals surface area contributed by atoms with Crippen LogP contribution in [0.4, 0.5) is 0 Å². The Morgan fingerprint density at radius 1 is 1.10 bits per heavy atom. The topological polar surface area (TPSA) is 35.2 Å². The highest BCUT2D eigenvalue weighted by Gasteiger charge is 2.07. The van der Waals surface area contributed by atoms with Gasteiger partial charge in [-0.1, -0.05) is 29.8 Å². The Bertz CT molecular complexity index is 738. The lowest BCUT2D eigenvalue weighted by atomic mass is 10.2. The molecule has 0 saturated carbocycles. The van der Waals surface area contributed by atoms with Gasteiger partial charge < -0.3 is 10.5 Å². The van der Waals surface area contributed by atoms with Crippen LogP contribution < -0.4 is 10.5 Å². The van der Waals surface area contributed by atoms with E-state index in [4.69, 9.17) is 22.1 Å². The number of rotatable bonds is 4. The Balaban J connectivity index is 1.83. The fourth-order valence-electron chi connectivity index (χ4n) is 2.15. The highest BCUT2D eigenvalue weighted by molar-refractivity contribution is 7.17. The van der Waals surface area contributed by atoms with Gasteiger partial charge in [0.05, 0.1) is 0 Å². The molecule has 102 valence electrons. The van der Waals surface area contributed by atoms with E-state index in [0.717, 1.165) is 11.3 Å². The third kappa shape index (κ3) is 2.66. The molecule has 0 amide bonds. The van der Waals surface area contributed by atoms with Gasteiger partial charge in [0.1, 0.15) is 12.4 Å². The van der Waals surface area contributed by atoms with Crippen molar-refractivity contribution in [1.82, 2.24) is 0 Å². The van der Waals surface area contributed by atoms with Crippen molar-refractivity contribution in [2.75, 3.05) is 0 Å². The molecular weight excluding hydrogens is 290 g/mol. The Labute approximate surface area is 126 Å². The number of halogens is 1. The molecule has 4 heteroatoms. The molecule has 1 aromatic heterocycles. The van der Waals surface area contributed by atoms with E-state index >= 15 is 0 Å². The van der Waals surface area contributed by atoms with Crippen LogP contribution in [0.3, 0.4) is 0 Å². The van der Waals surface area contributed by atoms with Crippen LogP contribution in [-0.4, -0.2) is 0 Å². The predicted molar refractivity (Wildman–Crippen MR) is 85.5 cm³/mol. The van der Waals surface area contributed by atoms with Gasteiger partial charge in [-0.15, -0.1) is 11.3 Å². The summed E-state index contributed by atoms with van der Waals surface area (Å²) >= 11 is 7.70. The second-order valence-corrected chi connectivity index (χ2v) is 5.85. The number of thiophene rings is 1. The number of benzene rings is 2. The van der Waals surface area contributed by atoms with Gasteiger partial charge in [0.2, 0.25) is 0 Å². The molecule has 3 rings (SSSR count). The summed E-state index contributed by atoms with van der Waals surface area (Å²) in [5.74, 6) is 0.798. The van der Waals surface area contributed by atoms with Crippen LogP contribution in [0.1, 0.15) is 11.1 Å². The summed E-state index contributed by atoms with van der Waals surface area (Å²) < 4.78 is 7.18. The average molecular weight is 304 g/mol. The molecule has 3 aromatic rings. The zero-order valence-corrected chi connectivity index (χ0v) is 12.4. The highest BCUT2D eigenvalue weighted by Crippen LogP contribution is 2.28. The van der Waals surface area contributed by atoms with Gasteiger partial charge in [0.25, 0.3) is 0 Å². The number of ether oxygens (including phenoxy) is 1. The molecule has 0 aliphatic heterocycles. The van der Waals surface area contributed by atoms with Crippen LogP contribution in [0.15, 0.2) is 47.8 Å². The lowest BCUT2D eigenvalue weighted by Gasteiger charge is -2.10. The molecular formula is C16H14ClNOS. The molecule has 0 radical (unpaired) electrons. The van der Waals surface area contributed by atoms with Crippen LogP contribution >= 0.6 is 22.9 Å². The molecule has 0 unspecified atom stereocenters. The fraction of sp³-hybridized carbons (Fsp3) is 0.125. The van der Waals surface area contributed by atoms with Crippen molar-refractivity contribution in [1.29, 1.82) is 0 Å². The third-order valence-corrected chi connectivity index (χ3v) is 4.43. The van der Waals surface area contributed by atoms with Crippen molar-refractivity contribution >= 4 is 33.0 Å². The van der Waals surface area contributed by atoms with E-state index in [2.05, 4.69) is 23.6 Å². The summed E-state index contributed by atoms with van der Waals surface area (Å²) in [7, 11) is 0. The highest BCUT2D eigenvalue weighted by atomic mass is 35.5. The van der Waals surface area contributed by atoms with Gasteiger partial charge >= 0.3 is 0 Å². The van der Waals surface area contributed by atoms with Crippen LogP contribution in [0.2, 0.25) is 5.02 Å². The zero-order valence-electron chi connectivity index (χ0n) is 10.8. The number of fused-ring (bicyclic) bond motifs is 1. The zero-order chi connectivity index (χ0) is 13.9. The molecule has 0 aliphatic rings. The minimum atomic E-state index is 0.417. The molecule has 2 nitrogen and oxygen atoms in total. The molecule has 0 saturated heterocycles. The van der Waals surface area contributed by atoms with Crippen molar-refractivity contribution in [3.05, 3.63) is 64.0 Å². The maximum Gasteiger partial charge on any atom is 0.124 e. The second kappa shape index (κ2) is 5.83. The standard InChI is InChI=1S/C16H14ClNOS/c17-13-5-6-15(11(7-13)8-18)19-9-12-10-20-16-4-2-1-3-14(12)16/h1-7,10H,8-9,18H2. The first-order valence-electron chi connectivity index (χ1n) is 6.34. The quantitative estimate of drug-likeness (QED) is 0.765. The van der Waals surface area contributed by atoms with Gasteiger partial charge in [0, 0.05) is 27.4 Å². The molecule has 1 heterocycles. The average Bonchev–Trinajstić information content (AvgIpc) is 2.89. The summed E-state index contributed by atoms with van der Waals surface area (Å²) in [6, 6.07) is 13.9. The molecule has 0 atom stereocenters. The van der Waals surface area contributed by atoms with Crippen LogP contribution in [0.5, 0.6) is 5.75 Å². The van der Waals surface area contributed by atoms with Gasteiger partial charge in [-0.05, 0) is 35.0 Å². The lowest BCUT2D eigenvalue weighted by Crippen LogP contribution is -2.02. The van der Waals surface area contributed by atoms with Gasteiger partial charge in [-0.3, -0.25) is 0 Å². The van der Waals surface area contributed by atoms with Crippen LogP contribution in [-0.2, 0) is 13.2 Å². The van der Waals surface area contributed by atoms with E-state index in [1.807, 2.05) is 24.3 Å². The molecule has 20 heavy (non-hydrogen) atoms. The van der Waals surface area contributed by atoms with Crippen molar-refractivity contribution in [3.63, 3.8) is 0 Å². The first-order valence-corrected chi connectivity index (χ1v) is 7.60. The summed E-state index contributed by atoms with van der Waals surface area (Å²) in [6.07, 6.45) is 0. The van der Waals surface area contributed by atoms with Crippen molar-refractivity contribution in [2.24, 2.45) is 5.73 Å². The van der Waals surface area contributed by atoms with Gasteiger partial charge in [-0.25, -0.2) is 0 Å². The van der Waals surface area contributed by atoms with Crippen molar-refractivity contribution in [2.45, 2.75) is 13.2 Å².